The van der Waals surface area contributed by atoms with Crippen LogP contribution in [0.5, 0.6) is 17.2 Å². The summed E-state index contributed by atoms with van der Waals surface area (Å²) >= 11 is 0. The van der Waals surface area contributed by atoms with E-state index >= 15 is 0 Å². The highest BCUT2D eigenvalue weighted by atomic mass is 16.5. The Hall–Kier alpha value is -3.02. The van der Waals surface area contributed by atoms with Crippen molar-refractivity contribution in [2.24, 2.45) is 5.10 Å². The third kappa shape index (κ3) is 4.49. The van der Waals surface area contributed by atoms with Gasteiger partial charge in [-0.15, -0.1) is 0 Å². The van der Waals surface area contributed by atoms with Crippen molar-refractivity contribution in [3.05, 3.63) is 53.6 Å². The van der Waals surface area contributed by atoms with Crippen LogP contribution in [0.4, 0.5) is 0 Å². The van der Waals surface area contributed by atoms with Crippen LogP contribution >= 0.6 is 0 Å². The van der Waals surface area contributed by atoms with Crippen LogP contribution in [-0.4, -0.2) is 32.9 Å². The first kappa shape index (κ1) is 17.3. The fourth-order valence-corrected chi connectivity index (χ4v) is 2.03. The van der Waals surface area contributed by atoms with Crippen LogP contribution in [0.3, 0.4) is 0 Å². The molecule has 0 unspecified atom stereocenters. The number of nitrogens with zero attached hydrogens (tertiary/aromatic N) is 1. The summed E-state index contributed by atoms with van der Waals surface area (Å²) in [5.41, 5.74) is 3.73. The van der Waals surface area contributed by atoms with E-state index in [4.69, 9.17) is 14.2 Å². The van der Waals surface area contributed by atoms with Gasteiger partial charge in [0.05, 0.1) is 27.0 Å². The SMILES string of the molecule is CCOc1ccc(/C=N/NC(=O)c2cccc(OC)c2)cc1OC. The first-order valence-corrected chi connectivity index (χ1v) is 7.46. The van der Waals surface area contributed by atoms with E-state index in [2.05, 4.69) is 10.5 Å². The summed E-state index contributed by atoms with van der Waals surface area (Å²) in [6.45, 7) is 2.46. The van der Waals surface area contributed by atoms with Crippen LogP contribution in [0.25, 0.3) is 0 Å². The van der Waals surface area contributed by atoms with Gasteiger partial charge < -0.3 is 14.2 Å². The summed E-state index contributed by atoms with van der Waals surface area (Å²) in [5, 5.41) is 3.96. The van der Waals surface area contributed by atoms with Crippen molar-refractivity contribution in [2.45, 2.75) is 6.92 Å². The van der Waals surface area contributed by atoms with Crippen molar-refractivity contribution in [2.75, 3.05) is 20.8 Å². The molecule has 0 bridgehead atoms. The summed E-state index contributed by atoms with van der Waals surface area (Å²) in [6, 6.07) is 12.3. The highest BCUT2D eigenvalue weighted by Gasteiger charge is 2.06. The van der Waals surface area contributed by atoms with E-state index in [1.165, 1.54) is 6.21 Å². The Bertz CT molecular complexity index is 729. The Balaban J connectivity index is 2.04. The Morgan fingerprint density at radius 1 is 1.12 bits per heavy atom. The molecule has 0 heterocycles. The van der Waals surface area contributed by atoms with Gasteiger partial charge in [0.2, 0.25) is 0 Å². The number of ether oxygens (including phenoxy) is 3. The molecule has 0 aliphatic rings. The highest BCUT2D eigenvalue weighted by molar-refractivity contribution is 5.95. The largest absolute Gasteiger partial charge is 0.497 e. The van der Waals surface area contributed by atoms with E-state index in [0.717, 1.165) is 5.56 Å². The summed E-state index contributed by atoms with van der Waals surface area (Å²) < 4.78 is 15.8. The molecule has 0 saturated heterocycles. The average Bonchev–Trinajstić information content (AvgIpc) is 2.63. The van der Waals surface area contributed by atoms with E-state index in [0.29, 0.717) is 29.4 Å². The predicted molar refractivity (Wildman–Crippen MR) is 92.2 cm³/mol. The molecular weight excluding hydrogens is 308 g/mol. The number of hydrogen-bond acceptors (Lipinski definition) is 5. The van der Waals surface area contributed by atoms with Crippen molar-refractivity contribution in [1.82, 2.24) is 5.43 Å². The molecule has 0 aromatic heterocycles. The van der Waals surface area contributed by atoms with Crippen molar-refractivity contribution < 1.29 is 19.0 Å². The van der Waals surface area contributed by atoms with E-state index in [-0.39, 0.29) is 5.91 Å². The van der Waals surface area contributed by atoms with Crippen molar-refractivity contribution in [3.63, 3.8) is 0 Å². The molecule has 1 N–H and O–H groups in total. The number of carbonyl (C=O) groups is 1. The lowest BCUT2D eigenvalue weighted by Crippen LogP contribution is -2.17. The maximum atomic E-state index is 12.0. The molecule has 0 saturated carbocycles. The molecule has 2 aromatic carbocycles. The van der Waals surface area contributed by atoms with Gasteiger partial charge in [-0.05, 0) is 48.9 Å². The zero-order valence-electron chi connectivity index (χ0n) is 13.9. The van der Waals surface area contributed by atoms with Crippen molar-refractivity contribution in [1.29, 1.82) is 0 Å². The first-order valence-electron chi connectivity index (χ1n) is 7.46. The molecule has 2 rings (SSSR count). The van der Waals surface area contributed by atoms with Gasteiger partial charge in [0.25, 0.3) is 5.91 Å². The second-order valence-corrected chi connectivity index (χ2v) is 4.77. The minimum Gasteiger partial charge on any atom is -0.497 e. The normalized spacial score (nSPS) is 10.5. The Labute approximate surface area is 141 Å². The van der Waals surface area contributed by atoms with Crippen LogP contribution in [0.1, 0.15) is 22.8 Å². The minimum atomic E-state index is -0.317. The second kappa shape index (κ2) is 8.57. The van der Waals surface area contributed by atoms with E-state index in [9.17, 15) is 4.79 Å². The van der Waals surface area contributed by atoms with Gasteiger partial charge in [-0.2, -0.15) is 5.10 Å². The average molecular weight is 328 g/mol. The molecule has 0 radical (unpaired) electrons. The lowest BCUT2D eigenvalue weighted by Gasteiger charge is -2.09. The molecular formula is C18H20N2O4. The predicted octanol–water partition coefficient (Wildman–Crippen LogP) is 2.87. The molecule has 6 heteroatoms. The van der Waals surface area contributed by atoms with Gasteiger partial charge in [0.15, 0.2) is 11.5 Å². The molecule has 1 amide bonds. The third-order valence-electron chi connectivity index (χ3n) is 3.20. The quantitative estimate of drug-likeness (QED) is 0.627. The number of hydrazone groups is 1. The number of hydrogen-bond donors (Lipinski definition) is 1. The smallest absolute Gasteiger partial charge is 0.271 e. The Kier molecular flexibility index (Phi) is 6.19. The zero-order chi connectivity index (χ0) is 17.4. The molecule has 0 spiro atoms. The second-order valence-electron chi connectivity index (χ2n) is 4.77. The molecule has 0 atom stereocenters. The molecule has 126 valence electrons. The number of methoxy groups -OCH3 is 2. The van der Waals surface area contributed by atoms with Crippen LogP contribution in [-0.2, 0) is 0 Å². The monoisotopic (exact) mass is 328 g/mol. The number of carbonyl (C=O) groups excluding carboxylic acids is 1. The molecule has 0 aliphatic carbocycles. The van der Waals surface area contributed by atoms with Crippen molar-refractivity contribution in [3.8, 4) is 17.2 Å². The fourth-order valence-electron chi connectivity index (χ4n) is 2.03. The van der Waals surface area contributed by atoms with E-state index in [1.807, 2.05) is 13.0 Å². The molecule has 0 fully saturated rings. The Morgan fingerprint density at radius 2 is 1.96 bits per heavy atom. The van der Waals surface area contributed by atoms with Gasteiger partial charge in [-0.3, -0.25) is 4.79 Å². The number of nitrogens with one attached hydrogen (secondary N) is 1. The fraction of sp³-hybridized carbons (Fsp3) is 0.222. The third-order valence-corrected chi connectivity index (χ3v) is 3.20. The zero-order valence-corrected chi connectivity index (χ0v) is 13.9. The van der Waals surface area contributed by atoms with Crippen LogP contribution in [0, 0.1) is 0 Å². The van der Waals surface area contributed by atoms with Gasteiger partial charge in [0.1, 0.15) is 5.75 Å². The van der Waals surface area contributed by atoms with Crippen molar-refractivity contribution >= 4 is 12.1 Å². The topological polar surface area (TPSA) is 69.2 Å². The maximum absolute atomic E-state index is 12.0. The lowest BCUT2D eigenvalue weighted by molar-refractivity contribution is 0.0955. The highest BCUT2D eigenvalue weighted by Crippen LogP contribution is 2.27. The number of rotatable bonds is 7. The number of amides is 1. The molecule has 24 heavy (non-hydrogen) atoms. The molecule has 2 aromatic rings. The van der Waals surface area contributed by atoms with Gasteiger partial charge in [0, 0.05) is 5.56 Å². The summed E-state index contributed by atoms with van der Waals surface area (Å²) in [4.78, 5) is 12.0. The first-order chi connectivity index (χ1) is 11.7. The van der Waals surface area contributed by atoms with Crippen LogP contribution in [0.15, 0.2) is 47.6 Å². The molecule has 6 nitrogen and oxygen atoms in total. The van der Waals surface area contributed by atoms with Gasteiger partial charge >= 0.3 is 0 Å². The molecule has 0 aliphatic heterocycles. The summed E-state index contributed by atoms with van der Waals surface area (Å²) in [6.07, 6.45) is 1.54. The van der Waals surface area contributed by atoms with Gasteiger partial charge in [-0.25, -0.2) is 5.43 Å². The summed E-state index contributed by atoms with van der Waals surface area (Å²) in [7, 11) is 3.12. The van der Waals surface area contributed by atoms with Crippen LogP contribution < -0.4 is 19.6 Å². The van der Waals surface area contributed by atoms with E-state index in [1.54, 1.807) is 50.6 Å². The maximum Gasteiger partial charge on any atom is 0.271 e. The van der Waals surface area contributed by atoms with Gasteiger partial charge in [-0.1, -0.05) is 6.07 Å². The number of benzene rings is 2. The lowest BCUT2D eigenvalue weighted by atomic mass is 10.2. The van der Waals surface area contributed by atoms with Crippen LogP contribution in [0.2, 0.25) is 0 Å². The Morgan fingerprint density at radius 3 is 2.67 bits per heavy atom. The van der Waals surface area contributed by atoms with E-state index < -0.39 is 0 Å². The standard InChI is InChI=1S/C18H20N2O4/c1-4-24-16-9-8-13(10-17(16)23-3)12-19-20-18(21)14-6-5-7-15(11-14)22-2/h5-12H,4H2,1-3H3,(H,20,21)/b19-12+. The minimum absolute atomic E-state index is 0.317. The summed E-state index contributed by atoms with van der Waals surface area (Å²) in [5.74, 6) is 1.57.